The van der Waals surface area contributed by atoms with Crippen molar-refractivity contribution in [3.8, 4) is 0 Å². The molecule has 0 heterocycles. The maximum absolute atomic E-state index is 11.9. The van der Waals surface area contributed by atoms with Crippen LogP contribution in [-0.4, -0.2) is 35.7 Å². The quantitative estimate of drug-likeness (QED) is 0.854. The summed E-state index contributed by atoms with van der Waals surface area (Å²) >= 11 is 1.71. The second-order valence-corrected chi connectivity index (χ2v) is 6.51. The van der Waals surface area contributed by atoms with E-state index in [0.717, 1.165) is 10.5 Å². The van der Waals surface area contributed by atoms with Gasteiger partial charge in [0.15, 0.2) is 0 Å². The van der Waals surface area contributed by atoms with Crippen molar-refractivity contribution in [2.45, 2.75) is 29.3 Å². The van der Waals surface area contributed by atoms with E-state index >= 15 is 0 Å². The molecular formula is C18H22N2O2S. The molecule has 0 aliphatic rings. The van der Waals surface area contributed by atoms with E-state index in [4.69, 9.17) is 5.11 Å². The second kappa shape index (κ2) is 8.60. The second-order valence-electron chi connectivity index (χ2n) is 5.36. The molecule has 0 aliphatic heterocycles. The zero-order valence-corrected chi connectivity index (χ0v) is 14.2. The number of benzene rings is 2. The van der Waals surface area contributed by atoms with E-state index < -0.39 is 0 Å². The highest BCUT2D eigenvalue weighted by molar-refractivity contribution is 7.99. The number of carbonyl (C=O) groups excluding carboxylic acids is 1. The van der Waals surface area contributed by atoms with E-state index in [1.807, 2.05) is 30.3 Å². The Labute approximate surface area is 141 Å². The van der Waals surface area contributed by atoms with Gasteiger partial charge in [0, 0.05) is 23.4 Å². The number of urea groups is 1. The Bertz CT molecular complexity index is 617. The summed E-state index contributed by atoms with van der Waals surface area (Å²) in [6.45, 7) is 2.22. The summed E-state index contributed by atoms with van der Waals surface area (Å²) in [6, 6.07) is 18.0. The van der Waals surface area contributed by atoms with Crippen LogP contribution in [-0.2, 0) is 6.54 Å². The summed E-state index contributed by atoms with van der Waals surface area (Å²) in [5.74, 6) is 0. The molecule has 0 spiro atoms. The van der Waals surface area contributed by atoms with Crippen molar-refractivity contribution in [1.29, 1.82) is 0 Å². The number of aliphatic hydroxyl groups is 1. The number of carbonyl (C=O) groups is 1. The lowest BCUT2D eigenvalue weighted by molar-refractivity contribution is 0.157. The van der Waals surface area contributed by atoms with Crippen molar-refractivity contribution >= 4 is 17.8 Å². The molecule has 0 fully saturated rings. The molecule has 0 radical (unpaired) electrons. The molecule has 0 bridgehead atoms. The predicted octanol–water partition coefficient (Wildman–Crippen LogP) is 3.36. The fraction of sp³-hybridized carbons (Fsp3) is 0.278. The third-order valence-electron chi connectivity index (χ3n) is 3.59. The first-order valence-electron chi connectivity index (χ1n) is 7.53. The summed E-state index contributed by atoms with van der Waals surface area (Å²) in [5, 5.41) is 11.9. The number of nitrogens with one attached hydrogen (secondary N) is 1. The van der Waals surface area contributed by atoms with Crippen LogP contribution in [0, 0.1) is 0 Å². The number of rotatable bonds is 6. The van der Waals surface area contributed by atoms with Gasteiger partial charge in [0.05, 0.1) is 12.6 Å². The highest BCUT2D eigenvalue weighted by Gasteiger charge is 2.13. The van der Waals surface area contributed by atoms with E-state index in [1.54, 1.807) is 25.7 Å². The van der Waals surface area contributed by atoms with Gasteiger partial charge in [-0.25, -0.2) is 4.79 Å². The zero-order chi connectivity index (χ0) is 16.7. The number of nitrogens with zero attached hydrogens (tertiary/aromatic N) is 1. The Morgan fingerprint density at radius 3 is 2.35 bits per heavy atom. The van der Waals surface area contributed by atoms with Gasteiger partial charge in [-0.2, -0.15) is 0 Å². The molecular weight excluding hydrogens is 308 g/mol. The molecule has 1 unspecified atom stereocenters. The summed E-state index contributed by atoms with van der Waals surface area (Å²) in [6.07, 6.45) is 0. The maximum atomic E-state index is 11.9. The molecule has 2 aromatic carbocycles. The molecule has 5 heteroatoms. The maximum Gasteiger partial charge on any atom is 0.317 e. The van der Waals surface area contributed by atoms with Gasteiger partial charge in [0.1, 0.15) is 0 Å². The van der Waals surface area contributed by atoms with Gasteiger partial charge >= 0.3 is 6.03 Å². The molecule has 4 nitrogen and oxygen atoms in total. The highest BCUT2D eigenvalue weighted by atomic mass is 32.2. The third-order valence-corrected chi connectivity index (χ3v) is 4.61. The lowest BCUT2D eigenvalue weighted by Crippen LogP contribution is -2.43. The van der Waals surface area contributed by atoms with Crippen LogP contribution in [0.2, 0.25) is 0 Å². The first-order chi connectivity index (χ1) is 11.1. The number of aliphatic hydroxyl groups excluding tert-OH is 1. The molecule has 2 amide bonds. The lowest BCUT2D eigenvalue weighted by Gasteiger charge is -2.23. The minimum atomic E-state index is -0.195. The molecule has 23 heavy (non-hydrogen) atoms. The highest BCUT2D eigenvalue weighted by Crippen LogP contribution is 2.27. The van der Waals surface area contributed by atoms with Crippen LogP contribution < -0.4 is 5.32 Å². The summed E-state index contributed by atoms with van der Waals surface area (Å²) < 4.78 is 0. The van der Waals surface area contributed by atoms with Crippen molar-refractivity contribution in [1.82, 2.24) is 10.2 Å². The van der Waals surface area contributed by atoms with Crippen LogP contribution in [0.15, 0.2) is 64.4 Å². The van der Waals surface area contributed by atoms with Crippen LogP contribution in [0.4, 0.5) is 4.79 Å². The Kier molecular flexibility index (Phi) is 6.50. The molecule has 2 aromatic rings. The summed E-state index contributed by atoms with van der Waals surface area (Å²) in [5.41, 5.74) is 1.04. The molecule has 122 valence electrons. The van der Waals surface area contributed by atoms with E-state index in [-0.39, 0.29) is 18.7 Å². The monoisotopic (exact) mass is 330 g/mol. The Hall–Kier alpha value is -1.98. The van der Waals surface area contributed by atoms with Crippen molar-refractivity contribution in [2.24, 2.45) is 0 Å². The van der Waals surface area contributed by atoms with E-state index in [9.17, 15) is 4.79 Å². The average Bonchev–Trinajstić information content (AvgIpc) is 2.60. The number of likely N-dealkylation sites (N-methyl/N-ethyl adjacent to an activating group) is 1. The fourth-order valence-corrected chi connectivity index (χ4v) is 2.76. The normalized spacial score (nSPS) is 11.8. The van der Waals surface area contributed by atoms with Crippen molar-refractivity contribution in [3.63, 3.8) is 0 Å². The van der Waals surface area contributed by atoms with Crippen LogP contribution in [0.25, 0.3) is 0 Å². The minimum absolute atomic E-state index is 0.0463. The molecule has 2 rings (SSSR count). The Balaban J connectivity index is 1.87. The molecule has 0 saturated heterocycles. The van der Waals surface area contributed by atoms with Gasteiger partial charge in [-0.05, 0) is 36.8 Å². The summed E-state index contributed by atoms with van der Waals surface area (Å²) in [7, 11) is 1.68. The third kappa shape index (κ3) is 5.30. The van der Waals surface area contributed by atoms with Gasteiger partial charge in [-0.1, -0.05) is 42.1 Å². The lowest BCUT2D eigenvalue weighted by atomic mass is 10.2. The molecule has 0 aliphatic carbocycles. The van der Waals surface area contributed by atoms with Gasteiger partial charge in [0.2, 0.25) is 0 Å². The van der Waals surface area contributed by atoms with Crippen molar-refractivity contribution in [3.05, 3.63) is 60.2 Å². The van der Waals surface area contributed by atoms with Gasteiger partial charge < -0.3 is 15.3 Å². The summed E-state index contributed by atoms with van der Waals surface area (Å²) in [4.78, 5) is 15.8. The first kappa shape index (κ1) is 17.4. The van der Waals surface area contributed by atoms with Gasteiger partial charge in [-0.15, -0.1) is 0 Å². The van der Waals surface area contributed by atoms with Crippen LogP contribution >= 0.6 is 11.8 Å². The van der Waals surface area contributed by atoms with Gasteiger partial charge in [-0.3, -0.25) is 0 Å². The van der Waals surface area contributed by atoms with E-state index in [0.29, 0.717) is 6.54 Å². The van der Waals surface area contributed by atoms with Crippen molar-refractivity contribution < 1.29 is 9.90 Å². The standard InChI is InChI=1S/C18H22N2O2S/c1-14(13-21)20(2)18(22)19-12-15-8-10-17(11-9-15)23-16-6-4-3-5-7-16/h3-11,14,21H,12-13H2,1-2H3,(H,19,22). The topological polar surface area (TPSA) is 52.6 Å². The van der Waals surface area contributed by atoms with E-state index in [1.165, 1.54) is 9.80 Å². The number of hydrogen-bond donors (Lipinski definition) is 2. The smallest absolute Gasteiger partial charge is 0.317 e. The Morgan fingerprint density at radius 1 is 1.13 bits per heavy atom. The fourth-order valence-electron chi connectivity index (χ4n) is 1.92. The molecule has 0 aromatic heterocycles. The molecule has 1 atom stereocenters. The number of amides is 2. The van der Waals surface area contributed by atoms with Crippen LogP contribution in [0.1, 0.15) is 12.5 Å². The van der Waals surface area contributed by atoms with Crippen LogP contribution in [0.5, 0.6) is 0 Å². The molecule has 0 saturated carbocycles. The minimum Gasteiger partial charge on any atom is -0.394 e. The van der Waals surface area contributed by atoms with E-state index in [2.05, 4.69) is 29.6 Å². The number of hydrogen-bond acceptors (Lipinski definition) is 3. The van der Waals surface area contributed by atoms with Crippen LogP contribution in [0.3, 0.4) is 0 Å². The predicted molar refractivity (Wildman–Crippen MR) is 93.6 cm³/mol. The largest absolute Gasteiger partial charge is 0.394 e. The molecule has 2 N–H and O–H groups in total. The SMILES string of the molecule is CC(CO)N(C)C(=O)NCc1ccc(Sc2ccccc2)cc1. The zero-order valence-electron chi connectivity index (χ0n) is 13.4. The Morgan fingerprint density at radius 2 is 1.74 bits per heavy atom. The van der Waals surface area contributed by atoms with Gasteiger partial charge in [0.25, 0.3) is 0 Å². The first-order valence-corrected chi connectivity index (χ1v) is 8.35. The van der Waals surface area contributed by atoms with Crippen molar-refractivity contribution in [2.75, 3.05) is 13.7 Å². The average molecular weight is 330 g/mol.